The molecule has 2 heterocycles. The molecule has 1 aromatic heterocycles. The van der Waals surface area contributed by atoms with Crippen LogP contribution in [0, 0.1) is 5.92 Å². The average Bonchev–Trinajstić information content (AvgIpc) is 2.98. The van der Waals surface area contributed by atoms with Crippen LogP contribution in [-0.2, 0) is 4.74 Å². The van der Waals surface area contributed by atoms with Crippen LogP contribution in [0.3, 0.4) is 0 Å². The van der Waals surface area contributed by atoms with Gasteiger partial charge in [0.05, 0.1) is 17.4 Å². The molecule has 1 aromatic rings. The zero-order valence-corrected chi connectivity index (χ0v) is 12.9. The maximum atomic E-state index is 12.0. The SMILES string of the molecule is CC(C)CCNC(=O)c1cncc(NCC2CCCO2)c1. The molecule has 1 saturated heterocycles. The van der Waals surface area contributed by atoms with E-state index in [9.17, 15) is 4.79 Å². The summed E-state index contributed by atoms with van der Waals surface area (Å²) >= 11 is 0. The minimum atomic E-state index is -0.0658. The van der Waals surface area contributed by atoms with Crippen molar-refractivity contribution in [2.24, 2.45) is 5.92 Å². The number of nitrogens with zero attached hydrogens (tertiary/aromatic N) is 1. The Labute approximate surface area is 126 Å². The van der Waals surface area contributed by atoms with Crippen molar-refractivity contribution in [3.05, 3.63) is 24.0 Å². The summed E-state index contributed by atoms with van der Waals surface area (Å²) in [5, 5.41) is 6.21. The number of hydrogen-bond donors (Lipinski definition) is 2. The Morgan fingerprint density at radius 2 is 2.33 bits per heavy atom. The first-order valence-electron chi connectivity index (χ1n) is 7.74. The molecule has 0 spiro atoms. The van der Waals surface area contributed by atoms with Crippen molar-refractivity contribution >= 4 is 11.6 Å². The lowest BCUT2D eigenvalue weighted by Crippen LogP contribution is -2.25. The molecule has 2 N–H and O–H groups in total. The van der Waals surface area contributed by atoms with E-state index < -0.39 is 0 Å². The van der Waals surface area contributed by atoms with E-state index in [2.05, 4.69) is 29.5 Å². The van der Waals surface area contributed by atoms with E-state index >= 15 is 0 Å². The Balaban J connectivity index is 1.82. The van der Waals surface area contributed by atoms with E-state index in [1.54, 1.807) is 12.4 Å². The molecule has 1 unspecified atom stereocenters. The van der Waals surface area contributed by atoms with Gasteiger partial charge >= 0.3 is 0 Å². The van der Waals surface area contributed by atoms with Crippen LogP contribution in [0.15, 0.2) is 18.5 Å². The third kappa shape index (κ3) is 5.34. The lowest BCUT2D eigenvalue weighted by atomic mass is 10.1. The number of anilines is 1. The van der Waals surface area contributed by atoms with Crippen LogP contribution in [0.25, 0.3) is 0 Å². The normalized spacial score (nSPS) is 18.0. The predicted molar refractivity (Wildman–Crippen MR) is 83.5 cm³/mol. The van der Waals surface area contributed by atoms with Gasteiger partial charge in [-0.1, -0.05) is 13.8 Å². The van der Waals surface area contributed by atoms with E-state index in [1.807, 2.05) is 6.07 Å². The van der Waals surface area contributed by atoms with Gasteiger partial charge in [0, 0.05) is 32.1 Å². The van der Waals surface area contributed by atoms with Gasteiger partial charge in [0.25, 0.3) is 5.91 Å². The van der Waals surface area contributed by atoms with Crippen LogP contribution in [-0.4, -0.2) is 36.7 Å². The second-order valence-corrected chi connectivity index (χ2v) is 5.92. The highest BCUT2D eigenvalue weighted by atomic mass is 16.5. The van der Waals surface area contributed by atoms with Crippen LogP contribution >= 0.6 is 0 Å². The summed E-state index contributed by atoms with van der Waals surface area (Å²) in [6.07, 6.45) is 6.81. The Bertz CT molecular complexity index is 457. The Morgan fingerprint density at radius 1 is 1.48 bits per heavy atom. The summed E-state index contributed by atoms with van der Waals surface area (Å²) in [5.41, 5.74) is 1.46. The fourth-order valence-corrected chi connectivity index (χ4v) is 2.27. The maximum Gasteiger partial charge on any atom is 0.252 e. The molecule has 1 amide bonds. The Kier molecular flexibility index (Phi) is 5.99. The van der Waals surface area contributed by atoms with Gasteiger partial charge in [0.1, 0.15) is 0 Å². The number of amides is 1. The van der Waals surface area contributed by atoms with Gasteiger partial charge in [-0.15, -0.1) is 0 Å². The van der Waals surface area contributed by atoms with Crippen molar-refractivity contribution in [3.63, 3.8) is 0 Å². The molecule has 1 atom stereocenters. The summed E-state index contributed by atoms with van der Waals surface area (Å²) in [6.45, 7) is 6.60. The number of aromatic nitrogens is 1. The average molecular weight is 291 g/mol. The topological polar surface area (TPSA) is 63.2 Å². The van der Waals surface area contributed by atoms with Crippen molar-refractivity contribution in [1.29, 1.82) is 0 Å². The van der Waals surface area contributed by atoms with Crippen LogP contribution in [0.1, 0.15) is 43.5 Å². The van der Waals surface area contributed by atoms with Crippen molar-refractivity contribution in [2.45, 2.75) is 39.2 Å². The van der Waals surface area contributed by atoms with Gasteiger partial charge in [0.2, 0.25) is 0 Å². The maximum absolute atomic E-state index is 12.0. The van der Waals surface area contributed by atoms with Crippen molar-refractivity contribution in [2.75, 3.05) is 25.0 Å². The lowest BCUT2D eigenvalue weighted by molar-refractivity contribution is 0.0951. The third-order valence-corrected chi connectivity index (χ3v) is 3.57. The highest BCUT2D eigenvalue weighted by Crippen LogP contribution is 2.14. The van der Waals surface area contributed by atoms with Crippen LogP contribution in [0.5, 0.6) is 0 Å². The summed E-state index contributed by atoms with van der Waals surface area (Å²) in [6, 6.07) is 1.84. The predicted octanol–water partition coefficient (Wildman–Crippen LogP) is 2.45. The van der Waals surface area contributed by atoms with E-state index in [0.717, 1.165) is 38.1 Å². The molecule has 5 heteroatoms. The molecular weight excluding hydrogens is 266 g/mol. The smallest absolute Gasteiger partial charge is 0.252 e. The minimum Gasteiger partial charge on any atom is -0.381 e. The Hall–Kier alpha value is -1.62. The monoisotopic (exact) mass is 291 g/mol. The Morgan fingerprint density at radius 3 is 3.05 bits per heavy atom. The molecule has 0 radical (unpaired) electrons. The third-order valence-electron chi connectivity index (χ3n) is 3.57. The van der Waals surface area contributed by atoms with Crippen molar-refractivity contribution in [3.8, 4) is 0 Å². The molecule has 1 fully saturated rings. The fourth-order valence-electron chi connectivity index (χ4n) is 2.27. The number of hydrogen-bond acceptors (Lipinski definition) is 4. The molecule has 0 aromatic carbocycles. The van der Waals surface area contributed by atoms with E-state index in [0.29, 0.717) is 18.0 Å². The van der Waals surface area contributed by atoms with Gasteiger partial charge in [-0.2, -0.15) is 0 Å². The van der Waals surface area contributed by atoms with Gasteiger partial charge < -0.3 is 15.4 Å². The second-order valence-electron chi connectivity index (χ2n) is 5.92. The minimum absolute atomic E-state index is 0.0658. The molecule has 2 rings (SSSR count). The molecule has 0 aliphatic carbocycles. The molecule has 5 nitrogen and oxygen atoms in total. The molecule has 1 aliphatic rings. The number of carbonyl (C=O) groups is 1. The summed E-state index contributed by atoms with van der Waals surface area (Å²) in [5.74, 6) is 0.520. The quantitative estimate of drug-likeness (QED) is 0.810. The van der Waals surface area contributed by atoms with Crippen molar-refractivity contribution < 1.29 is 9.53 Å². The van der Waals surface area contributed by atoms with Gasteiger partial charge in [-0.25, -0.2) is 0 Å². The molecule has 0 saturated carbocycles. The molecule has 1 aliphatic heterocycles. The second kappa shape index (κ2) is 7.98. The van der Waals surface area contributed by atoms with E-state index in [4.69, 9.17) is 4.74 Å². The summed E-state index contributed by atoms with van der Waals surface area (Å²) < 4.78 is 5.57. The first kappa shape index (κ1) is 15.8. The number of ether oxygens (including phenoxy) is 1. The van der Waals surface area contributed by atoms with E-state index in [1.165, 1.54) is 0 Å². The lowest BCUT2D eigenvalue weighted by Gasteiger charge is -2.12. The molecule has 21 heavy (non-hydrogen) atoms. The van der Waals surface area contributed by atoms with Gasteiger partial charge in [0.15, 0.2) is 0 Å². The largest absolute Gasteiger partial charge is 0.381 e. The van der Waals surface area contributed by atoms with Crippen LogP contribution in [0.4, 0.5) is 5.69 Å². The standard InChI is InChI=1S/C16H25N3O2/c1-12(2)5-6-18-16(20)13-8-14(10-17-9-13)19-11-15-4-3-7-21-15/h8-10,12,15,19H,3-7,11H2,1-2H3,(H,18,20). The molecular formula is C16H25N3O2. The zero-order valence-electron chi connectivity index (χ0n) is 12.9. The van der Waals surface area contributed by atoms with Gasteiger partial charge in [-0.3, -0.25) is 9.78 Å². The van der Waals surface area contributed by atoms with Crippen molar-refractivity contribution in [1.82, 2.24) is 10.3 Å². The first-order valence-corrected chi connectivity index (χ1v) is 7.74. The number of carbonyl (C=O) groups excluding carboxylic acids is 1. The van der Waals surface area contributed by atoms with Crippen LogP contribution in [0.2, 0.25) is 0 Å². The molecule has 0 bridgehead atoms. The molecule has 116 valence electrons. The number of nitrogens with one attached hydrogen (secondary N) is 2. The summed E-state index contributed by atoms with van der Waals surface area (Å²) in [4.78, 5) is 16.2. The number of pyridine rings is 1. The summed E-state index contributed by atoms with van der Waals surface area (Å²) in [7, 11) is 0. The highest BCUT2D eigenvalue weighted by molar-refractivity contribution is 5.94. The first-order chi connectivity index (χ1) is 10.1. The zero-order chi connectivity index (χ0) is 15.1. The van der Waals surface area contributed by atoms with Crippen LogP contribution < -0.4 is 10.6 Å². The van der Waals surface area contributed by atoms with Gasteiger partial charge in [-0.05, 0) is 31.2 Å². The number of rotatable bonds is 7. The fraction of sp³-hybridized carbons (Fsp3) is 0.625. The van der Waals surface area contributed by atoms with E-state index in [-0.39, 0.29) is 12.0 Å². The highest BCUT2D eigenvalue weighted by Gasteiger charge is 2.15.